The Balaban J connectivity index is 1.65. The Bertz CT molecular complexity index is 998. The molecule has 0 saturated carbocycles. The van der Waals surface area contributed by atoms with Crippen LogP contribution in [0.25, 0.3) is 17.5 Å². The largest absolute Gasteiger partial charge is 0.403 e. The lowest BCUT2D eigenvalue weighted by Gasteiger charge is -1.95. The van der Waals surface area contributed by atoms with Gasteiger partial charge >= 0.3 is 6.01 Å². The monoisotopic (exact) mass is 410 g/mol. The standard InChI is InChI=1S/C15H8Cl2N4O4S/c16-11-7-10(13(17)26-11)14-19-20-15(25-14)18-12(22)6-3-8-1-4-9(5-2-8)21(23)24/h1-7H,(H,18,20,22)/b6-3+. The summed E-state index contributed by atoms with van der Waals surface area (Å²) in [5.74, 6) is -0.374. The van der Waals surface area contributed by atoms with Crippen molar-refractivity contribution in [3.8, 4) is 11.5 Å². The van der Waals surface area contributed by atoms with Crippen molar-refractivity contribution in [1.29, 1.82) is 0 Å². The van der Waals surface area contributed by atoms with Crippen LogP contribution in [0, 0.1) is 10.1 Å². The first-order chi connectivity index (χ1) is 12.4. The lowest BCUT2D eigenvalue weighted by molar-refractivity contribution is -0.384. The van der Waals surface area contributed by atoms with Crippen molar-refractivity contribution in [1.82, 2.24) is 10.2 Å². The minimum absolute atomic E-state index is 0.0304. The molecule has 0 unspecified atom stereocenters. The van der Waals surface area contributed by atoms with Gasteiger partial charge in [-0.15, -0.1) is 16.4 Å². The Morgan fingerprint density at radius 2 is 2.00 bits per heavy atom. The lowest BCUT2D eigenvalue weighted by atomic mass is 10.2. The maximum atomic E-state index is 11.9. The molecule has 8 nitrogen and oxygen atoms in total. The van der Waals surface area contributed by atoms with Gasteiger partial charge in [0.25, 0.3) is 17.5 Å². The zero-order valence-corrected chi connectivity index (χ0v) is 15.0. The summed E-state index contributed by atoms with van der Waals surface area (Å²) in [6.07, 6.45) is 2.73. The summed E-state index contributed by atoms with van der Waals surface area (Å²) in [6.45, 7) is 0. The highest BCUT2D eigenvalue weighted by Crippen LogP contribution is 2.37. The van der Waals surface area contributed by atoms with Crippen LogP contribution in [0.5, 0.6) is 0 Å². The third kappa shape index (κ3) is 4.26. The van der Waals surface area contributed by atoms with E-state index in [1.54, 1.807) is 6.07 Å². The van der Waals surface area contributed by atoms with Gasteiger partial charge in [0.2, 0.25) is 0 Å². The van der Waals surface area contributed by atoms with Crippen LogP contribution < -0.4 is 5.32 Å². The molecule has 0 aliphatic heterocycles. The average Bonchev–Trinajstić information content (AvgIpc) is 3.19. The van der Waals surface area contributed by atoms with E-state index in [1.165, 1.54) is 36.4 Å². The number of anilines is 1. The quantitative estimate of drug-likeness (QED) is 0.371. The normalized spacial score (nSPS) is 11.0. The summed E-state index contributed by atoms with van der Waals surface area (Å²) in [5.41, 5.74) is 1.07. The molecule has 0 atom stereocenters. The topological polar surface area (TPSA) is 111 Å². The number of non-ortho nitro benzene ring substituents is 1. The third-order valence-electron chi connectivity index (χ3n) is 3.07. The zero-order valence-electron chi connectivity index (χ0n) is 12.7. The van der Waals surface area contributed by atoms with Gasteiger partial charge in [-0.2, -0.15) is 0 Å². The summed E-state index contributed by atoms with van der Waals surface area (Å²) in [5, 5.41) is 20.5. The number of amides is 1. The summed E-state index contributed by atoms with van der Waals surface area (Å²) >= 11 is 13.0. The molecule has 2 aromatic heterocycles. The Morgan fingerprint density at radius 3 is 2.62 bits per heavy atom. The van der Waals surface area contributed by atoms with E-state index in [0.29, 0.717) is 19.8 Å². The highest BCUT2D eigenvalue weighted by molar-refractivity contribution is 7.20. The Labute approximate surface area is 160 Å². The SMILES string of the molecule is O=C(/C=C/c1ccc([N+](=O)[O-])cc1)Nc1nnc(-c2cc(Cl)sc2Cl)o1. The van der Waals surface area contributed by atoms with E-state index in [1.807, 2.05) is 0 Å². The highest BCUT2D eigenvalue weighted by atomic mass is 35.5. The van der Waals surface area contributed by atoms with Gasteiger partial charge in [0.05, 0.1) is 14.8 Å². The van der Waals surface area contributed by atoms with E-state index in [9.17, 15) is 14.9 Å². The van der Waals surface area contributed by atoms with Crippen LogP contribution >= 0.6 is 34.5 Å². The minimum atomic E-state index is -0.506. The molecule has 0 saturated heterocycles. The molecule has 0 spiro atoms. The van der Waals surface area contributed by atoms with Crippen LogP contribution in [0.2, 0.25) is 8.67 Å². The molecule has 3 rings (SSSR count). The molecule has 1 N–H and O–H groups in total. The van der Waals surface area contributed by atoms with E-state index < -0.39 is 10.8 Å². The predicted molar refractivity (Wildman–Crippen MR) is 98.4 cm³/mol. The second-order valence-corrected chi connectivity index (χ2v) is 7.11. The zero-order chi connectivity index (χ0) is 18.7. The number of nitro benzene ring substituents is 1. The molecule has 0 fully saturated rings. The molecule has 26 heavy (non-hydrogen) atoms. The van der Waals surface area contributed by atoms with Gasteiger partial charge in [0, 0.05) is 18.2 Å². The van der Waals surface area contributed by atoms with E-state index in [0.717, 1.165) is 11.3 Å². The van der Waals surface area contributed by atoms with Gasteiger partial charge in [-0.1, -0.05) is 28.3 Å². The van der Waals surface area contributed by atoms with Crippen LogP contribution in [-0.4, -0.2) is 21.0 Å². The summed E-state index contributed by atoms with van der Waals surface area (Å²) in [6, 6.07) is 7.22. The molecule has 1 amide bonds. The van der Waals surface area contributed by atoms with Crippen LogP contribution in [0.3, 0.4) is 0 Å². The number of nitro groups is 1. The van der Waals surface area contributed by atoms with Crippen molar-refractivity contribution in [2.45, 2.75) is 0 Å². The van der Waals surface area contributed by atoms with Gasteiger partial charge < -0.3 is 4.42 Å². The molecule has 11 heteroatoms. The molecule has 0 bridgehead atoms. The van der Waals surface area contributed by atoms with Crippen LogP contribution in [0.15, 0.2) is 40.8 Å². The predicted octanol–water partition coefficient (Wildman–Crippen LogP) is 4.67. The number of benzene rings is 1. The molecular weight excluding hydrogens is 403 g/mol. The third-order valence-corrected chi connectivity index (χ3v) is 4.56. The number of carbonyl (C=O) groups is 1. The summed E-state index contributed by atoms with van der Waals surface area (Å²) in [7, 11) is 0. The molecule has 2 heterocycles. The van der Waals surface area contributed by atoms with Crippen LogP contribution in [-0.2, 0) is 4.79 Å². The smallest absolute Gasteiger partial charge is 0.322 e. The van der Waals surface area contributed by atoms with Gasteiger partial charge in [0.1, 0.15) is 4.34 Å². The van der Waals surface area contributed by atoms with Crippen molar-refractivity contribution >= 4 is 58.2 Å². The molecular formula is C15H8Cl2N4O4S. The molecule has 0 aliphatic carbocycles. The molecule has 1 aromatic carbocycles. The van der Waals surface area contributed by atoms with Crippen molar-refractivity contribution in [3.63, 3.8) is 0 Å². The fourth-order valence-electron chi connectivity index (χ4n) is 1.89. The minimum Gasteiger partial charge on any atom is -0.403 e. The fraction of sp³-hybridized carbons (Fsp3) is 0. The second-order valence-electron chi connectivity index (χ2n) is 4.82. The van der Waals surface area contributed by atoms with E-state index in [2.05, 4.69) is 15.5 Å². The highest BCUT2D eigenvalue weighted by Gasteiger charge is 2.15. The molecule has 3 aromatic rings. The van der Waals surface area contributed by atoms with Crippen LogP contribution in [0.1, 0.15) is 5.56 Å². The first-order valence-corrected chi connectivity index (χ1v) is 8.52. The molecule has 132 valence electrons. The van der Waals surface area contributed by atoms with E-state index in [4.69, 9.17) is 27.6 Å². The second kappa shape index (κ2) is 7.65. The number of rotatable bonds is 5. The van der Waals surface area contributed by atoms with Gasteiger partial charge in [0.15, 0.2) is 0 Å². The molecule has 0 radical (unpaired) electrons. The van der Waals surface area contributed by atoms with Crippen LogP contribution in [0.4, 0.5) is 11.7 Å². The first kappa shape index (κ1) is 18.1. The maximum Gasteiger partial charge on any atom is 0.322 e. The van der Waals surface area contributed by atoms with E-state index in [-0.39, 0.29) is 17.6 Å². The number of nitrogens with zero attached hydrogens (tertiary/aromatic N) is 3. The first-order valence-electron chi connectivity index (χ1n) is 6.94. The number of nitrogens with one attached hydrogen (secondary N) is 1. The lowest BCUT2D eigenvalue weighted by Crippen LogP contribution is -2.07. The van der Waals surface area contributed by atoms with Crippen molar-refractivity contribution < 1.29 is 14.1 Å². The van der Waals surface area contributed by atoms with Crippen molar-refractivity contribution in [3.05, 3.63) is 60.8 Å². The van der Waals surface area contributed by atoms with Crippen molar-refractivity contribution in [2.24, 2.45) is 0 Å². The van der Waals surface area contributed by atoms with Crippen molar-refractivity contribution in [2.75, 3.05) is 5.32 Å². The maximum absolute atomic E-state index is 11.9. The number of thiophene rings is 1. The number of halogens is 2. The number of carbonyl (C=O) groups excluding carboxylic acids is 1. The average molecular weight is 411 g/mol. The van der Waals surface area contributed by atoms with Gasteiger partial charge in [-0.25, -0.2) is 0 Å². The fourth-order valence-corrected chi connectivity index (χ4v) is 3.34. The molecule has 0 aliphatic rings. The Kier molecular flexibility index (Phi) is 5.31. The number of aromatic nitrogens is 2. The number of hydrogen-bond acceptors (Lipinski definition) is 7. The van der Waals surface area contributed by atoms with Gasteiger partial charge in [-0.3, -0.25) is 20.2 Å². The summed E-state index contributed by atoms with van der Waals surface area (Å²) < 4.78 is 6.20. The summed E-state index contributed by atoms with van der Waals surface area (Å²) in [4.78, 5) is 22.0. The Hall–Kier alpha value is -2.75. The Morgan fingerprint density at radius 1 is 1.27 bits per heavy atom. The van der Waals surface area contributed by atoms with Gasteiger partial charge in [-0.05, 0) is 29.8 Å². The number of hydrogen-bond donors (Lipinski definition) is 1. The van der Waals surface area contributed by atoms with E-state index >= 15 is 0 Å².